The highest BCUT2D eigenvalue weighted by molar-refractivity contribution is 7.70. The predicted molar refractivity (Wildman–Crippen MR) is 67.1 cm³/mol. The molecule has 0 heterocycles. The van der Waals surface area contributed by atoms with Crippen LogP contribution in [0.4, 0.5) is 0 Å². The van der Waals surface area contributed by atoms with E-state index in [0.29, 0.717) is 12.8 Å². The monoisotopic (exact) mass is 301 g/mol. The number of hydrogen-bond donors (Lipinski definition) is 4. The first-order chi connectivity index (χ1) is 8.14. The fourth-order valence-corrected chi connectivity index (χ4v) is 5.42. The molecule has 0 saturated heterocycles. The highest BCUT2D eigenvalue weighted by atomic mass is 31.2. The van der Waals surface area contributed by atoms with Crippen molar-refractivity contribution in [2.45, 2.75) is 50.1 Å². The van der Waals surface area contributed by atoms with Crippen molar-refractivity contribution >= 4 is 15.2 Å². The molecular weight excluding hydrogens is 280 g/mol. The van der Waals surface area contributed by atoms with Crippen molar-refractivity contribution in [1.82, 2.24) is 4.90 Å². The zero-order valence-electron chi connectivity index (χ0n) is 10.3. The van der Waals surface area contributed by atoms with Crippen LogP contribution in [0.1, 0.15) is 38.5 Å². The van der Waals surface area contributed by atoms with E-state index in [1.165, 1.54) is 11.9 Å². The van der Waals surface area contributed by atoms with E-state index >= 15 is 0 Å². The summed E-state index contributed by atoms with van der Waals surface area (Å²) < 4.78 is 22.6. The van der Waals surface area contributed by atoms with Crippen molar-refractivity contribution < 1.29 is 28.7 Å². The molecule has 0 atom stereocenters. The summed E-state index contributed by atoms with van der Waals surface area (Å²) in [6, 6.07) is -0.183. The second kappa shape index (κ2) is 6.14. The maximum atomic E-state index is 11.3. The zero-order chi connectivity index (χ0) is 14.0. The standard InChI is InChI=1S/C9H21NO6P2/c1-10(8-6-4-2-3-5-7-8)9(17(11,12)13)18(14,15)16/h8-9H,2-7H2,1H3,(H2,11,12,13)(H2,14,15,16). The third-order valence-corrected chi connectivity index (χ3v) is 7.10. The lowest BCUT2D eigenvalue weighted by atomic mass is 10.1. The van der Waals surface area contributed by atoms with Crippen LogP contribution in [0.25, 0.3) is 0 Å². The van der Waals surface area contributed by atoms with Crippen molar-refractivity contribution in [2.24, 2.45) is 0 Å². The first kappa shape index (κ1) is 16.3. The van der Waals surface area contributed by atoms with E-state index in [4.69, 9.17) is 19.6 Å². The molecule has 7 nitrogen and oxygen atoms in total. The summed E-state index contributed by atoms with van der Waals surface area (Å²) in [6.45, 7) is 0. The van der Waals surface area contributed by atoms with Gasteiger partial charge in [0.25, 0.3) is 0 Å². The average Bonchev–Trinajstić information content (AvgIpc) is 2.40. The van der Waals surface area contributed by atoms with Crippen LogP contribution in [0.2, 0.25) is 0 Å². The van der Waals surface area contributed by atoms with Crippen LogP contribution in [0.3, 0.4) is 0 Å². The lowest BCUT2D eigenvalue weighted by molar-refractivity contribution is 0.191. The third kappa shape index (κ3) is 4.42. The fraction of sp³-hybridized carbons (Fsp3) is 1.00. The second-order valence-corrected chi connectivity index (χ2v) is 8.58. The summed E-state index contributed by atoms with van der Waals surface area (Å²) in [4.78, 5) is 37.8. The van der Waals surface area contributed by atoms with Gasteiger partial charge in [-0.3, -0.25) is 14.0 Å². The van der Waals surface area contributed by atoms with E-state index in [-0.39, 0.29) is 6.04 Å². The maximum Gasteiger partial charge on any atom is 0.354 e. The summed E-state index contributed by atoms with van der Waals surface area (Å²) in [6.07, 6.45) is 5.38. The minimum absolute atomic E-state index is 0.183. The molecular formula is C9H21NO6P2. The molecule has 108 valence electrons. The molecule has 1 rings (SSSR count). The Balaban J connectivity index is 2.91. The van der Waals surface area contributed by atoms with Crippen LogP contribution in [0.15, 0.2) is 0 Å². The van der Waals surface area contributed by atoms with Gasteiger partial charge < -0.3 is 19.6 Å². The number of rotatable bonds is 4. The molecule has 0 aromatic carbocycles. The number of hydrogen-bond acceptors (Lipinski definition) is 3. The van der Waals surface area contributed by atoms with E-state index in [1.807, 2.05) is 0 Å². The molecule has 0 spiro atoms. The van der Waals surface area contributed by atoms with Crippen LogP contribution in [-0.4, -0.2) is 43.1 Å². The van der Waals surface area contributed by atoms with Crippen molar-refractivity contribution in [3.63, 3.8) is 0 Å². The molecule has 1 aliphatic carbocycles. The summed E-state index contributed by atoms with van der Waals surface area (Å²) in [7, 11) is -8.36. The van der Waals surface area contributed by atoms with Crippen molar-refractivity contribution in [2.75, 3.05) is 7.05 Å². The topological polar surface area (TPSA) is 118 Å². The van der Waals surface area contributed by atoms with Gasteiger partial charge in [-0.15, -0.1) is 0 Å². The molecule has 9 heteroatoms. The molecule has 0 unspecified atom stereocenters. The first-order valence-corrected chi connectivity index (χ1v) is 9.32. The van der Waals surface area contributed by atoms with E-state index < -0.39 is 20.7 Å². The van der Waals surface area contributed by atoms with E-state index in [2.05, 4.69) is 0 Å². The smallest absolute Gasteiger partial charge is 0.323 e. The third-order valence-electron chi connectivity index (χ3n) is 3.37. The maximum absolute atomic E-state index is 11.3. The second-order valence-electron chi connectivity index (χ2n) is 4.84. The average molecular weight is 301 g/mol. The lowest BCUT2D eigenvalue weighted by Crippen LogP contribution is -2.39. The zero-order valence-corrected chi connectivity index (χ0v) is 12.1. The Bertz CT molecular complexity index is 334. The molecule has 1 aliphatic rings. The van der Waals surface area contributed by atoms with Gasteiger partial charge in [0.2, 0.25) is 5.52 Å². The minimum atomic E-state index is -4.87. The van der Waals surface area contributed by atoms with Crippen molar-refractivity contribution in [3.8, 4) is 0 Å². The molecule has 18 heavy (non-hydrogen) atoms. The highest BCUT2D eigenvalue weighted by Gasteiger charge is 2.48. The van der Waals surface area contributed by atoms with E-state index in [1.54, 1.807) is 0 Å². The van der Waals surface area contributed by atoms with Gasteiger partial charge in [-0.25, -0.2) is 0 Å². The normalized spacial score (nSPS) is 20.4. The fourth-order valence-electron chi connectivity index (χ4n) is 2.52. The quantitative estimate of drug-likeness (QED) is 0.456. The first-order valence-electron chi connectivity index (χ1n) is 5.96. The Morgan fingerprint density at radius 2 is 1.33 bits per heavy atom. The van der Waals surface area contributed by atoms with E-state index in [0.717, 1.165) is 25.7 Å². The summed E-state index contributed by atoms with van der Waals surface area (Å²) in [5, 5.41) is 0. The Kier molecular flexibility index (Phi) is 5.57. The molecule has 0 aliphatic heterocycles. The van der Waals surface area contributed by atoms with Gasteiger partial charge >= 0.3 is 15.2 Å². The molecule has 0 amide bonds. The number of nitrogens with zero attached hydrogens (tertiary/aromatic N) is 1. The summed E-state index contributed by atoms with van der Waals surface area (Å²) >= 11 is 0. The van der Waals surface area contributed by atoms with Crippen molar-refractivity contribution in [3.05, 3.63) is 0 Å². The predicted octanol–water partition coefficient (Wildman–Crippen LogP) is 1.28. The summed E-state index contributed by atoms with van der Waals surface area (Å²) in [5.41, 5.74) is -2.02. The largest absolute Gasteiger partial charge is 0.354 e. The summed E-state index contributed by atoms with van der Waals surface area (Å²) in [5.74, 6) is 0. The van der Waals surface area contributed by atoms with Gasteiger partial charge in [-0.05, 0) is 19.9 Å². The molecule has 0 aromatic heterocycles. The molecule has 4 N–H and O–H groups in total. The Hall–Kier alpha value is 0.260. The van der Waals surface area contributed by atoms with Crippen LogP contribution in [0.5, 0.6) is 0 Å². The van der Waals surface area contributed by atoms with Crippen LogP contribution in [-0.2, 0) is 9.13 Å². The lowest BCUT2D eigenvalue weighted by Gasteiger charge is -2.34. The van der Waals surface area contributed by atoms with Gasteiger partial charge in [0, 0.05) is 6.04 Å². The Labute approximate surface area is 107 Å². The molecule has 0 radical (unpaired) electrons. The van der Waals surface area contributed by atoms with E-state index in [9.17, 15) is 9.13 Å². The van der Waals surface area contributed by atoms with Crippen LogP contribution < -0.4 is 0 Å². The molecule has 1 fully saturated rings. The van der Waals surface area contributed by atoms with Crippen LogP contribution >= 0.6 is 15.2 Å². The van der Waals surface area contributed by atoms with Gasteiger partial charge in [0.1, 0.15) is 0 Å². The molecule has 0 aromatic rings. The SMILES string of the molecule is CN(C1CCCCCC1)C(P(=O)(O)O)P(=O)(O)O. The van der Waals surface area contributed by atoms with Crippen molar-refractivity contribution in [1.29, 1.82) is 0 Å². The Morgan fingerprint density at radius 1 is 0.944 bits per heavy atom. The van der Waals surface area contributed by atoms with Gasteiger partial charge in [0.05, 0.1) is 0 Å². The van der Waals surface area contributed by atoms with Gasteiger partial charge in [-0.2, -0.15) is 0 Å². The highest BCUT2D eigenvalue weighted by Crippen LogP contribution is 2.61. The van der Waals surface area contributed by atoms with Gasteiger partial charge in [-0.1, -0.05) is 25.7 Å². The van der Waals surface area contributed by atoms with Crippen LogP contribution in [0, 0.1) is 0 Å². The molecule has 0 bridgehead atoms. The minimum Gasteiger partial charge on any atom is -0.323 e. The Morgan fingerprint density at radius 3 is 1.67 bits per heavy atom. The molecule has 1 saturated carbocycles. The van der Waals surface area contributed by atoms with Gasteiger partial charge in [0.15, 0.2) is 0 Å².